The van der Waals surface area contributed by atoms with E-state index < -0.39 is 11.9 Å². The van der Waals surface area contributed by atoms with Gasteiger partial charge in [-0.3, -0.25) is 0 Å². The Hall–Kier alpha value is -2.18. The van der Waals surface area contributed by atoms with Gasteiger partial charge in [0.2, 0.25) is 5.76 Å². The van der Waals surface area contributed by atoms with Crippen molar-refractivity contribution in [1.82, 2.24) is 5.16 Å². The molecule has 1 aromatic carbocycles. The highest BCUT2D eigenvalue weighted by Crippen LogP contribution is 2.40. The summed E-state index contributed by atoms with van der Waals surface area (Å²) in [5.41, 5.74) is 5.41. The molecule has 0 aliphatic carbocycles. The zero-order chi connectivity index (χ0) is 13.3. The average molecular weight is 258 g/mol. The van der Waals surface area contributed by atoms with E-state index in [1.807, 2.05) is 0 Å². The number of hydrogen-bond donors (Lipinski definition) is 1. The largest absolute Gasteiger partial charge is 0.497 e. The lowest BCUT2D eigenvalue weighted by Crippen LogP contribution is -2.05. The van der Waals surface area contributed by atoms with Crippen molar-refractivity contribution in [3.8, 4) is 16.9 Å². The zero-order valence-corrected chi connectivity index (χ0v) is 9.28. The first-order valence-corrected chi connectivity index (χ1v) is 4.90. The normalized spacial score (nSPS) is 11.6. The van der Waals surface area contributed by atoms with Crippen molar-refractivity contribution in [2.45, 2.75) is 6.18 Å². The maximum Gasteiger partial charge on any atom is 0.453 e. The van der Waals surface area contributed by atoms with Gasteiger partial charge in [-0.25, -0.2) is 0 Å². The van der Waals surface area contributed by atoms with E-state index in [2.05, 4.69) is 9.68 Å². The maximum atomic E-state index is 12.7. The minimum atomic E-state index is -4.64. The minimum Gasteiger partial charge on any atom is -0.497 e. The zero-order valence-electron chi connectivity index (χ0n) is 9.28. The molecule has 0 aliphatic heterocycles. The molecule has 2 aromatic rings. The van der Waals surface area contributed by atoms with E-state index in [0.717, 1.165) is 0 Å². The molecule has 2 rings (SSSR count). The van der Waals surface area contributed by atoms with Crippen LogP contribution in [0.2, 0.25) is 0 Å². The van der Waals surface area contributed by atoms with Gasteiger partial charge in [-0.15, -0.1) is 0 Å². The van der Waals surface area contributed by atoms with Crippen molar-refractivity contribution in [2.24, 2.45) is 0 Å². The lowest BCUT2D eigenvalue weighted by atomic mass is 10.1. The first-order chi connectivity index (χ1) is 8.43. The Morgan fingerprint density at radius 3 is 2.33 bits per heavy atom. The summed E-state index contributed by atoms with van der Waals surface area (Å²) in [5, 5.41) is 3.15. The van der Waals surface area contributed by atoms with E-state index in [1.165, 1.54) is 31.4 Å². The van der Waals surface area contributed by atoms with Crippen molar-refractivity contribution in [1.29, 1.82) is 0 Å². The molecule has 0 atom stereocenters. The standard InChI is InChI=1S/C11H9F3N2O2/c1-17-7-4-2-6(3-5-7)8-9(11(12,13)14)18-16-10(8)15/h2-5H,1H3,(H2,15,16). The fraction of sp³-hybridized carbons (Fsp3) is 0.182. The molecule has 0 amide bonds. The van der Waals surface area contributed by atoms with Crippen molar-refractivity contribution in [3.05, 3.63) is 30.0 Å². The monoisotopic (exact) mass is 258 g/mol. The van der Waals surface area contributed by atoms with Crippen LogP contribution in [0.1, 0.15) is 5.76 Å². The molecule has 1 heterocycles. The van der Waals surface area contributed by atoms with E-state index >= 15 is 0 Å². The number of nitrogen functional groups attached to an aromatic ring is 1. The highest BCUT2D eigenvalue weighted by Gasteiger charge is 2.40. The Labute approximate surface area is 100 Å². The van der Waals surface area contributed by atoms with Gasteiger partial charge in [0.05, 0.1) is 12.7 Å². The Balaban J connectivity index is 2.52. The number of nitrogens with zero attached hydrogens (tertiary/aromatic N) is 1. The molecule has 2 N–H and O–H groups in total. The maximum absolute atomic E-state index is 12.7. The molecular weight excluding hydrogens is 249 g/mol. The molecule has 0 bridgehead atoms. The summed E-state index contributed by atoms with van der Waals surface area (Å²) in [4.78, 5) is 0. The summed E-state index contributed by atoms with van der Waals surface area (Å²) in [6.07, 6.45) is -4.64. The van der Waals surface area contributed by atoms with E-state index in [1.54, 1.807) is 0 Å². The molecule has 18 heavy (non-hydrogen) atoms. The Morgan fingerprint density at radius 2 is 1.83 bits per heavy atom. The average Bonchev–Trinajstić information content (AvgIpc) is 2.71. The van der Waals surface area contributed by atoms with Gasteiger partial charge in [0.1, 0.15) is 5.75 Å². The highest BCUT2D eigenvalue weighted by molar-refractivity contribution is 5.76. The van der Waals surface area contributed by atoms with Crippen LogP contribution in [0.25, 0.3) is 11.1 Å². The van der Waals surface area contributed by atoms with Crippen molar-refractivity contribution >= 4 is 5.82 Å². The summed E-state index contributed by atoms with van der Waals surface area (Å²) in [6.45, 7) is 0. The summed E-state index contributed by atoms with van der Waals surface area (Å²) in [6, 6.07) is 5.97. The van der Waals surface area contributed by atoms with Gasteiger partial charge in [0, 0.05) is 0 Å². The smallest absolute Gasteiger partial charge is 0.453 e. The summed E-state index contributed by atoms with van der Waals surface area (Å²) < 4.78 is 47.2. The van der Waals surface area contributed by atoms with Crippen LogP contribution in [-0.2, 0) is 6.18 Å². The Morgan fingerprint density at radius 1 is 1.22 bits per heavy atom. The van der Waals surface area contributed by atoms with Gasteiger partial charge < -0.3 is 15.0 Å². The molecule has 0 spiro atoms. The molecule has 7 heteroatoms. The van der Waals surface area contributed by atoms with Crippen LogP contribution in [-0.4, -0.2) is 12.3 Å². The number of ether oxygens (including phenoxy) is 1. The van der Waals surface area contributed by atoms with Gasteiger partial charge in [-0.1, -0.05) is 17.3 Å². The predicted octanol–water partition coefficient (Wildman–Crippen LogP) is 2.95. The molecule has 0 aliphatic rings. The highest BCUT2D eigenvalue weighted by atomic mass is 19.4. The van der Waals surface area contributed by atoms with Crippen LogP contribution in [0.15, 0.2) is 28.8 Å². The fourth-order valence-corrected chi connectivity index (χ4v) is 1.53. The molecule has 96 valence electrons. The van der Waals surface area contributed by atoms with Gasteiger partial charge >= 0.3 is 6.18 Å². The number of methoxy groups -OCH3 is 1. The second-order valence-electron chi connectivity index (χ2n) is 3.50. The quantitative estimate of drug-likeness (QED) is 0.899. The third-order valence-electron chi connectivity index (χ3n) is 2.35. The lowest BCUT2D eigenvalue weighted by Gasteiger charge is -2.06. The van der Waals surface area contributed by atoms with Crippen LogP contribution >= 0.6 is 0 Å². The van der Waals surface area contributed by atoms with Gasteiger partial charge in [0.15, 0.2) is 5.82 Å². The molecule has 0 unspecified atom stereocenters. The molecule has 0 fully saturated rings. The minimum absolute atomic E-state index is 0.259. The number of rotatable bonds is 2. The SMILES string of the molecule is COc1ccc(-c2c(N)noc2C(F)(F)F)cc1. The van der Waals surface area contributed by atoms with Crippen LogP contribution < -0.4 is 10.5 Å². The number of halogens is 3. The third kappa shape index (κ3) is 2.11. The lowest BCUT2D eigenvalue weighted by molar-refractivity contribution is -0.154. The van der Waals surface area contributed by atoms with Gasteiger partial charge in [-0.2, -0.15) is 13.2 Å². The predicted molar refractivity (Wildman–Crippen MR) is 57.9 cm³/mol. The Kier molecular flexibility index (Phi) is 2.90. The second-order valence-corrected chi connectivity index (χ2v) is 3.50. The first-order valence-electron chi connectivity index (χ1n) is 4.90. The molecule has 0 saturated carbocycles. The molecular formula is C11H9F3N2O2. The number of aromatic nitrogens is 1. The van der Waals surface area contributed by atoms with Crippen molar-refractivity contribution in [3.63, 3.8) is 0 Å². The fourth-order valence-electron chi connectivity index (χ4n) is 1.53. The third-order valence-corrected chi connectivity index (χ3v) is 2.35. The summed E-state index contributed by atoms with van der Waals surface area (Å²) in [7, 11) is 1.46. The van der Waals surface area contributed by atoms with Crippen LogP contribution in [0, 0.1) is 0 Å². The number of hydrogen-bond acceptors (Lipinski definition) is 4. The van der Waals surface area contributed by atoms with E-state index in [4.69, 9.17) is 10.5 Å². The summed E-state index contributed by atoms with van der Waals surface area (Å²) in [5.74, 6) is -0.972. The van der Waals surface area contributed by atoms with E-state index in [-0.39, 0.29) is 16.9 Å². The van der Waals surface area contributed by atoms with E-state index in [0.29, 0.717) is 5.75 Å². The van der Waals surface area contributed by atoms with Crippen LogP contribution in [0.4, 0.5) is 19.0 Å². The number of nitrogens with two attached hydrogens (primary N) is 1. The van der Waals surface area contributed by atoms with Crippen LogP contribution in [0.3, 0.4) is 0 Å². The van der Waals surface area contributed by atoms with Crippen molar-refractivity contribution < 1.29 is 22.4 Å². The van der Waals surface area contributed by atoms with Gasteiger partial charge in [-0.05, 0) is 17.7 Å². The van der Waals surface area contributed by atoms with Gasteiger partial charge in [0.25, 0.3) is 0 Å². The topological polar surface area (TPSA) is 61.3 Å². The summed E-state index contributed by atoms with van der Waals surface area (Å²) >= 11 is 0. The van der Waals surface area contributed by atoms with Crippen LogP contribution in [0.5, 0.6) is 5.75 Å². The van der Waals surface area contributed by atoms with Crippen molar-refractivity contribution in [2.75, 3.05) is 12.8 Å². The van der Waals surface area contributed by atoms with E-state index in [9.17, 15) is 13.2 Å². The molecule has 1 aromatic heterocycles. The number of anilines is 1. The molecule has 0 saturated heterocycles. The number of alkyl halides is 3. The first kappa shape index (κ1) is 12.3. The number of benzene rings is 1. The molecule has 0 radical (unpaired) electrons. The second kappa shape index (κ2) is 4.25. The molecule has 4 nitrogen and oxygen atoms in total. The Bertz CT molecular complexity index is 546.